The van der Waals surface area contributed by atoms with Crippen LogP contribution in [0.25, 0.3) is 0 Å². The highest BCUT2D eigenvalue weighted by Gasteiger charge is 2.35. The molecule has 1 fully saturated rings. The Morgan fingerprint density at radius 1 is 1.30 bits per heavy atom. The maximum atomic E-state index is 12.7. The molecule has 1 N–H and O–H groups in total. The van der Waals surface area contributed by atoms with Gasteiger partial charge in [0.05, 0.1) is 0 Å². The highest BCUT2D eigenvalue weighted by atomic mass is 16.6. The second-order valence-corrected chi connectivity index (χ2v) is 7.13. The molecule has 6 nitrogen and oxygen atoms in total. The fourth-order valence-electron chi connectivity index (χ4n) is 2.79. The number of likely N-dealkylation sites (tertiary alicyclic amines) is 1. The first-order valence-electron chi connectivity index (χ1n) is 8.11. The first-order chi connectivity index (χ1) is 10.7. The van der Waals surface area contributed by atoms with Crippen molar-refractivity contribution in [3.63, 3.8) is 0 Å². The number of anilines is 1. The maximum Gasteiger partial charge on any atom is 0.410 e. The van der Waals surface area contributed by atoms with Crippen LogP contribution in [-0.4, -0.2) is 39.7 Å². The van der Waals surface area contributed by atoms with Crippen molar-refractivity contribution >= 4 is 17.8 Å². The average molecular weight is 321 g/mol. The standard InChI is InChI=1S/C17H27N3O3/c1-12-9-11-19(5)14(12)18-15(21)13-8-6-7-10-20(13)16(22)23-17(2,3)4/h9,11,13H,6-8,10H2,1-5H3,(H,18,21)/t13-/m0/s1. The Morgan fingerprint density at radius 3 is 2.57 bits per heavy atom. The van der Waals surface area contributed by atoms with Gasteiger partial charge in [-0.3, -0.25) is 9.69 Å². The fourth-order valence-corrected chi connectivity index (χ4v) is 2.79. The summed E-state index contributed by atoms with van der Waals surface area (Å²) < 4.78 is 7.31. The Labute approximate surface area is 137 Å². The molecule has 0 radical (unpaired) electrons. The van der Waals surface area contributed by atoms with Gasteiger partial charge in [0.1, 0.15) is 17.5 Å². The van der Waals surface area contributed by atoms with Crippen molar-refractivity contribution in [2.45, 2.75) is 58.6 Å². The highest BCUT2D eigenvalue weighted by Crippen LogP contribution is 2.23. The Kier molecular flexibility index (Phi) is 5.02. The molecule has 0 unspecified atom stereocenters. The molecule has 23 heavy (non-hydrogen) atoms. The van der Waals surface area contributed by atoms with Gasteiger partial charge in [0.2, 0.25) is 5.91 Å². The Morgan fingerprint density at radius 2 is 2.00 bits per heavy atom. The van der Waals surface area contributed by atoms with Crippen molar-refractivity contribution in [1.82, 2.24) is 9.47 Å². The van der Waals surface area contributed by atoms with Crippen LogP contribution < -0.4 is 5.32 Å². The molecule has 0 saturated carbocycles. The quantitative estimate of drug-likeness (QED) is 0.910. The summed E-state index contributed by atoms with van der Waals surface area (Å²) in [4.78, 5) is 26.6. The van der Waals surface area contributed by atoms with Crippen molar-refractivity contribution in [1.29, 1.82) is 0 Å². The molecular formula is C17H27N3O3. The van der Waals surface area contributed by atoms with Gasteiger partial charge in [0.15, 0.2) is 0 Å². The van der Waals surface area contributed by atoms with E-state index in [1.165, 1.54) is 0 Å². The number of rotatable bonds is 2. The zero-order chi connectivity index (χ0) is 17.2. The summed E-state index contributed by atoms with van der Waals surface area (Å²) in [7, 11) is 1.88. The molecule has 0 bridgehead atoms. The van der Waals surface area contributed by atoms with Crippen LogP contribution in [0.2, 0.25) is 0 Å². The van der Waals surface area contributed by atoms with Crippen LogP contribution in [0.3, 0.4) is 0 Å². The molecule has 0 spiro atoms. The number of ether oxygens (including phenoxy) is 1. The Hall–Kier alpha value is -1.98. The number of carbonyl (C=O) groups is 2. The molecule has 1 aromatic rings. The zero-order valence-electron chi connectivity index (χ0n) is 14.7. The molecule has 2 rings (SSSR count). The predicted octanol–water partition coefficient (Wildman–Crippen LogP) is 3.06. The lowest BCUT2D eigenvalue weighted by Gasteiger charge is -2.35. The van der Waals surface area contributed by atoms with Gasteiger partial charge in [0, 0.05) is 19.8 Å². The second-order valence-electron chi connectivity index (χ2n) is 7.13. The number of nitrogens with one attached hydrogen (secondary N) is 1. The van der Waals surface area contributed by atoms with Crippen molar-refractivity contribution in [2.24, 2.45) is 7.05 Å². The minimum Gasteiger partial charge on any atom is -0.444 e. The number of carbonyl (C=O) groups excluding carboxylic acids is 2. The van der Waals surface area contributed by atoms with Gasteiger partial charge < -0.3 is 14.6 Å². The van der Waals surface area contributed by atoms with Crippen LogP contribution in [-0.2, 0) is 16.6 Å². The topological polar surface area (TPSA) is 63.6 Å². The lowest BCUT2D eigenvalue weighted by atomic mass is 10.0. The number of aromatic nitrogens is 1. The van der Waals surface area contributed by atoms with Gasteiger partial charge in [0.25, 0.3) is 0 Å². The van der Waals surface area contributed by atoms with E-state index in [4.69, 9.17) is 4.74 Å². The van der Waals surface area contributed by atoms with E-state index in [0.717, 1.165) is 24.2 Å². The lowest BCUT2D eigenvalue weighted by molar-refractivity contribution is -0.122. The van der Waals surface area contributed by atoms with Gasteiger partial charge in [-0.05, 0) is 58.6 Å². The van der Waals surface area contributed by atoms with Crippen molar-refractivity contribution in [3.05, 3.63) is 17.8 Å². The van der Waals surface area contributed by atoms with Crippen LogP contribution in [0.4, 0.5) is 10.6 Å². The van der Waals surface area contributed by atoms with E-state index in [1.807, 2.05) is 51.6 Å². The van der Waals surface area contributed by atoms with Crippen molar-refractivity contribution < 1.29 is 14.3 Å². The van der Waals surface area contributed by atoms with Gasteiger partial charge in [-0.25, -0.2) is 4.79 Å². The molecule has 0 aliphatic carbocycles. The summed E-state index contributed by atoms with van der Waals surface area (Å²) in [5, 5.41) is 2.95. The number of amides is 2. The number of hydrogen-bond donors (Lipinski definition) is 1. The molecule has 128 valence electrons. The summed E-state index contributed by atoms with van der Waals surface area (Å²) in [6.07, 6.45) is 3.97. The molecule has 1 aliphatic heterocycles. The summed E-state index contributed by atoms with van der Waals surface area (Å²) in [5.41, 5.74) is 0.435. The summed E-state index contributed by atoms with van der Waals surface area (Å²) in [5.74, 6) is 0.616. The maximum absolute atomic E-state index is 12.7. The molecule has 2 heterocycles. The number of aryl methyl sites for hydroxylation is 2. The Balaban J connectivity index is 2.11. The van der Waals surface area contributed by atoms with E-state index in [2.05, 4.69) is 5.32 Å². The van der Waals surface area contributed by atoms with Crippen molar-refractivity contribution in [2.75, 3.05) is 11.9 Å². The van der Waals surface area contributed by atoms with E-state index in [1.54, 1.807) is 4.90 Å². The summed E-state index contributed by atoms with van der Waals surface area (Å²) >= 11 is 0. The smallest absolute Gasteiger partial charge is 0.410 e. The third kappa shape index (κ3) is 4.27. The number of piperidine rings is 1. The van der Waals surface area contributed by atoms with Gasteiger partial charge in [-0.1, -0.05) is 0 Å². The summed E-state index contributed by atoms with van der Waals surface area (Å²) in [6.45, 7) is 7.99. The SMILES string of the molecule is Cc1ccn(C)c1NC(=O)[C@@H]1CCCCN1C(=O)OC(C)(C)C. The highest BCUT2D eigenvalue weighted by molar-refractivity contribution is 5.96. The van der Waals surface area contributed by atoms with E-state index < -0.39 is 17.7 Å². The first kappa shape index (κ1) is 17.4. The summed E-state index contributed by atoms with van der Waals surface area (Å²) in [6, 6.07) is 1.47. The third-order valence-corrected chi connectivity index (χ3v) is 3.95. The number of hydrogen-bond acceptors (Lipinski definition) is 3. The van der Waals surface area contributed by atoms with Crippen LogP contribution in [0.15, 0.2) is 12.3 Å². The van der Waals surface area contributed by atoms with Crippen molar-refractivity contribution in [3.8, 4) is 0 Å². The predicted molar refractivity (Wildman–Crippen MR) is 89.4 cm³/mol. The molecule has 6 heteroatoms. The van der Waals surface area contributed by atoms with E-state index in [9.17, 15) is 9.59 Å². The van der Waals surface area contributed by atoms with Crippen LogP contribution in [0.1, 0.15) is 45.6 Å². The molecule has 2 amide bonds. The molecule has 1 saturated heterocycles. The fraction of sp³-hybridized carbons (Fsp3) is 0.647. The Bertz CT molecular complexity index is 567. The molecular weight excluding hydrogens is 294 g/mol. The lowest BCUT2D eigenvalue weighted by Crippen LogP contribution is -2.51. The first-order valence-corrected chi connectivity index (χ1v) is 8.11. The van der Waals surface area contributed by atoms with Gasteiger partial charge >= 0.3 is 6.09 Å². The second kappa shape index (κ2) is 6.64. The molecule has 1 aromatic heterocycles. The van der Waals surface area contributed by atoms with Gasteiger partial charge in [-0.15, -0.1) is 0 Å². The van der Waals surface area contributed by atoms with Crippen LogP contribution in [0.5, 0.6) is 0 Å². The average Bonchev–Trinajstić information content (AvgIpc) is 2.77. The molecule has 1 aliphatic rings. The van der Waals surface area contributed by atoms with Crippen LogP contribution in [0, 0.1) is 6.92 Å². The molecule has 1 atom stereocenters. The number of nitrogens with zero attached hydrogens (tertiary/aromatic N) is 2. The largest absolute Gasteiger partial charge is 0.444 e. The van der Waals surface area contributed by atoms with E-state index in [0.29, 0.717) is 13.0 Å². The monoisotopic (exact) mass is 321 g/mol. The zero-order valence-corrected chi connectivity index (χ0v) is 14.7. The minimum absolute atomic E-state index is 0.152. The van der Waals surface area contributed by atoms with E-state index in [-0.39, 0.29) is 5.91 Å². The van der Waals surface area contributed by atoms with Gasteiger partial charge in [-0.2, -0.15) is 0 Å². The third-order valence-electron chi connectivity index (χ3n) is 3.95. The van der Waals surface area contributed by atoms with Crippen LogP contribution >= 0.6 is 0 Å². The minimum atomic E-state index is -0.565. The van der Waals surface area contributed by atoms with E-state index >= 15 is 0 Å². The normalized spacial score (nSPS) is 18.7. The molecule has 0 aromatic carbocycles.